The van der Waals surface area contributed by atoms with Crippen LogP contribution in [0.25, 0.3) is 0 Å². The Morgan fingerprint density at radius 3 is 2.82 bits per heavy atom. The maximum absolute atomic E-state index is 8.90. The molecule has 0 aliphatic rings. The number of rotatable bonds is 6. The van der Waals surface area contributed by atoms with E-state index < -0.39 is 6.10 Å². The summed E-state index contributed by atoms with van der Waals surface area (Å²) in [5.41, 5.74) is 0. The second-order valence-corrected chi connectivity index (χ2v) is 3.37. The summed E-state index contributed by atoms with van der Waals surface area (Å²) in [7, 11) is 0. The number of terminal acetylenes is 1. The number of unbranched alkanes of at least 4 members (excludes halogenated alkanes) is 1. The van der Waals surface area contributed by atoms with Crippen molar-refractivity contribution in [2.45, 2.75) is 18.9 Å². The van der Waals surface area contributed by atoms with E-state index in [1.807, 2.05) is 0 Å². The zero-order chi connectivity index (χ0) is 8.53. The molecule has 0 amide bonds. The van der Waals surface area contributed by atoms with Gasteiger partial charge in [-0.1, -0.05) is 0 Å². The number of aliphatic hydroxyl groups excluding tert-OH is 2. The highest BCUT2D eigenvalue weighted by Crippen LogP contribution is 2.05. The topological polar surface area (TPSA) is 40.5 Å². The van der Waals surface area contributed by atoms with Gasteiger partial charge in [-0.25, -0.2) is 0 Å². The Morgan fingerprint density at radius 1 is 1.55 bits per heavy atom. The Bertz CT molecular complexity index is 120. The predicted molar refractivity (Wildman–Crippen MR) is 48.5 cm³/mol. The zero-order valence-electron chi connectivity index (χ0n) is 6.49. The number of hydrogen-bond acceptors (Lipinski definition) is 3. The standard InChI is InChI=1S/C8H14O2S/c1-2-3-4-5-11-7-8(10)6-9/h1,8-10H,3-7H2. The van der Waals surface area contributed by atoms with Crippen LogP contribution < -0.4 is 0 Å². The molecule has 2 N–H and O–H groups in total. The van der Waals surface area contributed by atoms with Crippen molar-refractivity contribution in [2.75, 3.05) is 18.1 Å². The van der Waals surface area contributed by atoms with Crippen LogP contribution in [0.3, 0.4) is 0 Å². The third kappa shape index (κ3) is 7.73. The van der Waals surface area contributed by atoms with E-state index in [0.29, 0.717) is 5.75 Å². The molecule has 3 heteroatoms. The minimum Gasteiger partial charge on any atom is -0.394 e. The van der Waals surface area contributed by atoms with Gasteiger partial charge in [0, 0.05) is 12.2 Å². The third-order valence-corrected chi connectivity index (χ3v) is 2.33. The molecule has 0 saturated carbocycles. The van der Waals surface area contributed by atoms with Crippen molar-refractivity contribution in [1.82, 2.24) is 0 Å². The molecule has 0 aromatic heterocycles. The summed E-state index contributed by atoms with van der Waals surface area (Å²) in [6.45, 7) is -0.151. The number of hydrogen-bond donors (Lipinski definition) is 2. The Morgan fingerprint density at radius 2 is 2.27 bits per heavy atom. The second-order valence-electron chi connectivity index (χ2n) is 2.22. The van der Waals surface area contributed by atoms with Gasteiger partial charge in [-0.05, 0) is 12.2 Å². The van der Waals surface area contributed by atoms with Gasteiger partial charge in [0.05, 0.1) is 12.7 Å². The monoisotopic (exact) mass is 174 g/mol. The first kappa shape index (κ1) is 10.8. The van der Waals surface area contributed by atoms with Crippen LogP contribution in [0.1, 0.15) is 12.8 Å². The fraction of sp³-hybridized carbons (Fsp3) is 0.750. The predicted octanol–water partition coefficient (Wildman–Crippen LogP) is 0.486. The fourth-order valence-corrected chi connectivity index (χ4v) is 1.44. The molecule has 0 bridgehead atoms. The van der Waals surface area contributed by atoms with Gasteiger partial charge in [-0.15, -0.1) is 12.3 Å². The van der Waals surface area contributed by atoms with Crippen molar-refractivity contribution >= 4 is 11.8 Å². The van der Waals surface area contributed by atoms with E-state index in [2.05, 4.69) is 5.92 Å². The number of thioether (sulfide) groups is 1. The minimum atomic E-state index is -0.578. The first-order valence-electron chi connectivity index (χ1n) is 3.61. The molecule has 0 saturated heterocycles. The molecule has 0 heterocycles. The molecule has 0 aromatic rings. The van der Waals surface area contributed by atoms with Crippen LogP contribution in [0.2, 0.25) is 0 Å². The van der Waals surface area contributed by atoms with Crippen LogP contribution in [0.4, 0.5) is 0 Å². The normalized spacial score (nSPS) is 12.5. The van der Waals surface area contributed by atoms with Crippen LogP contribution in [-0.4, -0.2) is 34.4 Å². The molecule has 0 aliphatic heterocycles. The van der Waals surface area contributed by atoms with Crippen LogP contribution in [0.15, 0.2) is 0 Å². The molecule has 11 heavy (non-hydrogen) atoms. The van der Waals surface area contributed by atoms with Gasteiger partial charge < -0.3 is 10.2 Å². The van der Waals surface area contributed by atoms with Gasteiger partial charge in [-0.2, -0.15) is 11.8 Å². The highest BCUT2D eigenvalue weighted by Gasteiger charge is 1.99. The lowest BCUT2D eigenvalue weighted by atomic mass is 10.4. The van der Waals surface area contributed by atoms with Gasteiger partial charge in [0.2, 0.25) is 0 Å². The van der Waals surface area contributed by atoms with Crippen molar-refractivity contribution in [3.05, 3.63) is 0 Å². The summed E-state index contributed by atoms with van der Waals surface area (Å²) >= 11 is 1.62. The lowest BCUT2D eigenvalue weighted by molar-refractivity contribution is 0.113. The summed E-state index contributed by atoms with van der Waals surface area (Å²) in [5, 5.41) is 17.3. The van der Waals surface area contributed by atoms with Crippen molar-refractivity contribution in [2.24, 2.45) is 0 Å². The minimum absolute atomic E-state index is 0.151. The van der Waals surface area contributed by atoms with Crippen molar-refractivity contribution in [3.8, 4) is 12.3 Å². The average molecular weight is 174 g/mol. The highest BCUT2D eigenvalue weighted by molar-refractivity contribution is 7.99. The van der Waals surface area contributed by atoms with E-state index in [0.717, 1.165) is 18.6 Å². The van der Waals surface area contributed by atoms with Gasteiger partial charge in [-0.3, -0.25) is 0 Å². The summed E-state index contributed by atoms with van der Waals surface area (Å²) in [6.07, 6.45) is 6.25. The Labute approximate surface area is 72.0 Å². The van der Waals surface area contributed by atoms with E-state index in [4.69, 9.17) is 16.6 Å². The first-order chi connectivity index (χ1) is 5.31. The van der Waals surface area contributed by atoms with Gasteiger partial charge in [0.15, 0.2) is 0 Å². The van der Waals surface area contributed by atoms with Crippen LogP contribution in [-0.2, 0) is 0 Å². The van der Waals surface area contributed by atoms with E-state index in [1.54, 1.807) is 11.8 Å². The Balaban J connectivity index is 2.97. The Kier molecular flexibility index (Phi) is 7.81. The van der Waals surface area contributed by atoms with E-state index in [9.17, 15) is 0 Å². The van der Waals surface area contributed by atoms with Crippen molar-refractivity contribution < 1.29 is 10.2 Å². The van der Waals surface area contributed by atoms with E-state index in [-0.39, 0.29) is 6.61 Å². The molecule has 0 radical (unpaired) electrons. The average Bonchev–Trinajstić information content (AvgIpc) is 2.04. The maximum Gasteiger partial charge on any atom is 0.0861 e. The van der Waals surface area contributed by atoms with E-state index >= 15 is 0 Å². The molecule has 0 spiro atoms. The van der Waals surface area contributed by atoms with Crippen molar-refractivity contribution in [3.63, 3.8) is 0 Å². The quantitative estimate of drug-likeness (QED) is 0.455. The van der Waals surface area contributed by atoms with E-state index in [1.165, 1.54) is 0 Å². The summed E-state index contributed by atoms with van der Waals surface area (Å²) < 4.78 is 0. The molecule has 64 valence electrons. The SMILES string of the molecule is C#CCCCSCC(O)CO. The van der Waals surface area contributed by atoms with Gasteiger partial charge in [0.25, 0.3) is 0 Å². The molecule has 1 atom stereocenters. The highest BCUT2D eigenvalue weighted by atomic mass is 32.2. The zero-order valence-corrected chi connectivity index (χ0v) is 7.31. The summed E-state index contributed by atoms with van der Waals surface area (Å²) in [4.78, 5) is 0. The molecule has 1 unspecified atom stereocenters. The second kappa shape index (κ2) is 7.93. The lowest BCUT2D eigenvalue weighted by Crippen LogP contribution is -2.14. The number of aliphatic hydroxyl groups is 2. The van der Waals surface area contributed by atoms with Gasteiger partial charge in [0.1, 0.15) is 0 Å². The first-order valence-corrected chi connectivity index (χ1v) is 4.77. The Hall–Kier alpha value is -0.170. The lowest BCUT2D eigenvalue weighted by Gasteiger charge is -2.04. The van der Waals surface area contributed by atoms with Crippen molar-refractivity contribution in [1.29, 1.82) is 0 Å². The molecule has 2 nitrogen and oxygen atoms in total. The third-order valence-electron chi connectivity index (χ3n) is 1.13. The van der Waals surface area contributed by atoms with Crippen LogP contribution in [0, 0.1) is 12.3 Å². The maximum atomic E-state index is 8.90. The largest absolute Gasteiger partial charge is 0.394 e. The summed E-state index contributed by atoms with van der Waals surface area (Å²) in [5.74, 6) is 4.10. The molecule has 0 aromatic carbocycles. The van der Waals surface area contributed by atoms with Crippen LogP contribution in [0.5, 0.6) is 0 Å². The van der Waals surface area contributed by atoms with Gasteiger partial charge >= 0.3 is 0 Å². The smallest absolute Gasteiger partial charge is 0.0861 e. The summed E-state index contributed by atoms with van der Waals surface area (Å²) in [6, 6.07) is 0. The molecule has 0 aliphatic carbocycles. The molecule has 0 fully saturated rings. The molecule has 0 rings (SSSR count). The molecular weight excluding hydrogens is 160 g/mol. The molecular formula is C8H14O2S. The fourth-order valence-electron chi connectivity index (χ4n) is 0.548. The van der Waals surface area contributed by atoms with Crippen LogP contribution >= 0.6 is 11.8 Å².